The van der Waals surface area contributed by atoms with Crippen molar-refractivity contribution in [1.29, 1.82) is 0 Å². The van der Waals surface area contributed by atoms with Crippen molar-refractivity contribution in [3.05, 3.63) is 23.8 Å². The molecule has 0 amide bonds. The van der Waals surface area contributed by atoms with Crippen LogP contribution in [0.3, 0.4) is 0 Å². The third-order valence-corrected chi connectivity index (χ3v) is 2.70. The van der Waals surface area contributed by atoms with Gasteiger partial charge in [-0.05, 0) is 37.2 Å². The number of rotatable bonds is 2. The van der Waals surface area contributed by atoms with Crippen LogP contribution in [-0.4, -0.2) is 0 Å². The van der Waals surface area contributed by atoms with Crippen molar-refractivity contribution >= 4 is 0 Å². The molecule has 0 saturated carbocycles. The van der Waals surface area contributed by atoms with Crippen molar-refractivity contribution in [3.63, 3.8) is 0 Å². The Balaban J connectivity index is 0.000000671. The van der Waals surface area contributed by atoms with Gasteiger partial charge in [-0.25, -0.2) is 0 Å². The number of hydrogen-bond donors (Lipinski definition) is 0. The van der Waals surface area contributed by atoms with Crippen LogP contribution < -0.4 is 0 Å². The maximum atomic E-state index is 3.88. The van der Waals surface area contributed by atoms with E-state index in [1.807, 2.05) is 13.8 Å². The molecule has 0 bridgehead atoms. The summed E-state index contributed by atoms with van der Waals surface area (Å²) in [7, 11) is 0. The van der Waals surface area contributed by atoms with Crippen LogP contribution in [0.15, 0.2) is 23.8 Å². The zero-order chi connectivity index (χ0) is 10.3. The maximum absolute atomic E-state index is 3.88. The zero-order valence-corrected chi connectivity index (χ0v) is 9.69. The highest BCUT2D eigenvalue weighted by atomic mass is 14.2. The van der Waals surface area contributed by atoms with Gasteiger partial charge < -0.3 is 0 Å². The Morgan fingerprint density at radius 1 is 1.46 bits per heavy atom. The van der Waals surface area contributed by atoms with Gasteiger partial charge in [-0.2, -0.15) is 0 Å². The first-order chi connectivity index (χ1) is 6.29. The molecule has 0 spiro atoms. The Hall–Kier alpha value is -0.520. The molecule has 0 fully saturated rings. The second-order valence-electron chi connectivity index (χ2n) is 3.41. The first-order valence-electron chi connectivity index (χ1n) is 5.64. The van der Waals surface area contributed by atoms with E-state index in [4.69, 9.17) is 0 Å². The van der Waals surface area contributed by atoms with Gasteiger partial charge >= 0.3 is 0 Å². The van der Waals surface area contributed by atoms with E-state index < -0.39 is 0 Å². The van der Waals surface area contributed by atoms with Gasteiger partial charge in [-0.1, -0.05) is 45.9 Å². The fourth-order valence-electron chi connectivity index (χ4n) is 2.00. The highest BCUT2D eigenvalue weighted by Crippen LogP contribution is 2.31. The van der Waals surface area contributed by atoms with Crippen LogP contribution in [0, 0.1) is 5.92 Å². The van der Waals surface area contributed by atoms with E-state index in [1.165, 1.54) is 31.3 Å². The van der Waals surface area contributed by atoms with Crippen LogP contribution in [0.4, 0.5) is 0 Å². The smallest absolute Gasteiger partial charge is 0.0191 e. The van der Waals surface area contributed by atoms with Crippen molar-refractivity contribution in [2.45, 2.75) is 53.4 Å². The number of allylic oxidation sites excluding steroid dienone is 3. The first kappa shape index (κ1) is 12.5. The van der Waals surface area contributed by atoms with Crippen molar-refractivity contribution in [2.75, 3.05) is 0 Å². The molecule has 0 saturated heterocycles. The minimum Gasteiger partial charge on any atom is -0.0988 e. The lowest BCUT2D eigenvalue weighted by Crippen LogP contribution is -2.07. The van der Waals surface area contributed by atoms with Gasteiger partial charge in [0, 0.05) is 0 Å². The lowest BCUT2D eigenvalue weighted by atomic mass is 9.83. The second kappa shape index (κ2) is 6.94. The molecule has 0 N–H and O–H groups in total. The molecule has 0 aliphatic heterocycles. The molecule has 0 aromatic heterocycles. The van der Waals surface area contributed by atoms with E-state index in [-0.39, 0.29) is 0 Å². The Labute approximate surface area is 83.7 Å². The zero-order valence-electron chi connectivity index (χ0n) is 9.69. The largest absolute Gasteiger partial charge is 0.0988 e. The molecule has 0 aromatic carbocycles. The number of hydrogen-bond acceptors (Lipinski definition) is 0. The molecule has 1 aliphatic rings. The Bertz CT molecular complexity index is 174. The molecule has 1 unspecified atom stereocenters. The van der Waals surface area contributed by atoms with Crippen LogP contribution in [0.5, 0.6) is 0 Å². The third kappa shape index (κ3) is 3.38. The molecule has 1 aliphatic carbocycles. The van der Waals surface area contributed by atoms with Crippen molar-refractivity contribution in [3.8, 4) is 0 Å². The summed E-state index contributed by atoms with van der Waals surface area (Å²) >= 11 is 0. The fourth-order valence-corrected chi connectivity index (χ4v) is 2.00. The molecule has 1 atom stereocenters. The Morgan fingerprint density at radius 2 is 2.08 bits per heavy atom. The predicted molar refractivity (Wildman–Crippen MR) is 61.9 cm³/mol. The summed E-state index contributed by atoms with van der Waals surface area (Å²) in [5.41, 5.74) is 3.16. The van der Waals surface area contributed by atoms with Crippen LogP contribution >= 0.6 is 0 Å². The van der Waals surface area contributed by atoms with Crippen molar-refractivity contribution in [2.24, 2.45) is 5.92 Å². The third-order valence-electron chi connectivity index (χ3n) is 2.70. The summed E-state index contributed by atoms with van der Waals surface area (Å²) in [6.45, 7) is 12.4. The first-order valence-corrected chi connectivity index (χ1v) is 5.64. The van der Waals surface area contributed by atoms with Gasteiger partial charge in [-0.15, -0.1) is 0 Å². The van der Waals surface area contributed by atoms with E-state index >= 15 is 0 Å². The van der Waals surface area contributed by atoms with E-state index in [0.717, 1.165) is 5.92 Å². The Kier molecular flexibility index (Phi) is 6.66. The molecule has 0 nitrogen and oxygen atoms in total. The SMILES string of the molecule is C=CC1=C(CC)CCCC1C.CC. The second-order valence-corrected chi connectivity index (χ2v) is 3.41. The molecule has 76 valence electrons. The lowest BCUT2D eigenvalue weighted by molar-refractivity contribution is 0.538. The standard InChI is InChI=1S/C11H18.C2H6/c1-4-10-8-6-7-9(3)11(10)5-2;1-2/h5,9H,2,4,6-8H2,1,3H3;1-2H3. The van der Waals surface area contributed by atoms with Crippen LogP contribution in [0.1, 0.15) is 53.4 Å². The molecule has 0 radical (unpaired) electrons. The molecule has 0 heteroatoms. The summed E-state index contributed by atoms with van der Waals surface area (Å²) in [4.78, 5) is 0. The fraction of sp³-hybridized carbons (Fsp3) is 0.692. The van der Waals surface area contributed by atoms with E-state index in [2.05, 4.69) is 26.5 Å². The van der Waals surface area contributed by atoms with Crippen molar-refractivity contribution in [1.82, 2.24) is 0 Å². The average molecular weight is 180 g/mol. The highest BCUT2D eigenvalue weighted by Gasteiger charge is 2.15. The molecule has 13 heavy (non-hydrogen) atoms. The minimum atomic E-state index is 0.760. The molecular weight excluding hydrogens is 156 g/mol. The topological polar surface area (TPSA) is 0 Å². The summed E-state index contributed by atoms with van der Waals surface area (Å²) in [6, 6.07) is 0. The predicted octanol–water partition coefficient (Wildman–Crippen LogP) is 4.73. The summed E-state index contributed by atoms with van der Waals surface area (Å²) in [5.74, 6) is 0.760. The monoisotopic (exact) mass is 180 g/mol. The summed E-state index contributed by atoms with van der Waals surface area (Å²) in [5, 5.41) is 0. The van der Waals surface area contributed by atoms with Crippen LogP contribution in [0.2, 0.25) is 0 Å². The summed E-state index contributed by atoms with van der Waals surface area (Å²) in [6.07, 6.45) is 7.31. The normalized spacial score (nSPS) is 22.0. The van der Waals surface area contributed by atoms with Gasteiger partial charge in [0.05, 0.1) is 0 Å². The van der Waals surface area contributed by atoms with Crippen LogP contribution in [0.25, 0.3) is 0 Å². The van der Waals surface area contributed by atoms with Gasteiger partial charge in [0.25, 0.3) is 0 Å². The van der Waals surface area contributed by atoms with E-state index in [0.29, 0.717) is 0 Å². The van der Waals surface area contributed by atoms with Crippen molar-refractivity contribution < 1.29 is 0 Å². The molecule has 0 heterocycles. The highest BCUT2D eigenvalue weighted by molar-refractivity contribution is 5.28. The quantitative estimate of drug-likeness (QED) is 0.576. The lowest BCUT2D eigenvalue weighted by Gasteiger charge is -2.23. The van der Waals surface area contributed by atoms with Gasteiger partial charge in [0.1, 0.15) is 0 Å². The van der Waals surface area contributed by atoms with Gasteiger partial charge in [-0.3, -0.25) is 0 Å². The maximum Gasteiger partial charge on any atom is -0.0191 e. The van der Waals surface area contributed by atoms with Crippen LogP contribution in [-0.2, 0) is 0 Å². The van der Waals surface area contributed by atoms with E-state index in [1.54, 1.807) is 5.57 Å². The molecule has 1 rings (SSSR count). The molecular formula is C13H24. The minimum absolute atomic E-state index is 0.760. The Morgan fingerprint density at radius 3 is 2.46 bits per heavy atom. The molecule has 0 aromatic rings. The average Bonchev–Trinajstić information content (AvgIpc) is 2.20. The van der Waals surface area contributed by atoms with Gasteiger partial charge in [0.2, 0.25) is 0 Å². The van der Waals surface area contributed by atoms with Gasteiger partial charge in [0.15, 0.2) is 0 Å². The summed E-state index contributed by atoms with van der Waals surface area (Å²) < 4.78 is 0. The van der Waals surface area contributed by atoms with E-state index in [9.17, 15) is 0 Å².